The van der Waals surface area contributed by atoms with Crippen molar-refractivity contribution in [2.45, 2.75) is 0 Å². The molecule has 1 atom stereocenters. The van der Waals surface area contributed by atoms with Crippen molar-refractivity contribution in [3.05, 3.63) is 0 Å². The largest absolute Gasteiger partial charge is 2.00 e. The van der Waals surface area contributed by atoms with E-state index in [1.54, 1.807) is 9.47 Å². The molecule has 0 aromatic heterocycles. The maximum atomic E-state index is 8.93. The van der Waals surface area contributed by atoms with Gasteiger partial charge in [-0.3, -0.25) is 4.79 Å². The second-order valence-electron chi connectivity index (χ2n) is 0.232. The molecule has 0 heterocycles. The first-order chi connectivity index (χ1) is 1.91. The predicted octanol–water partition coefficient (Wildman–Crippen LogP) is -0.206. The average molecular weight is 217 g/mol. The van der Waals surface area contributed by atoms with Gasteiger partial charge in [-0.15, -0.1) is 0 Å². The molecule has 0 saturated carbocycles. The molecular weight excluding hydrogens is 212 g/mol. The first kappa shape index (κ1) is 9.69. The van der Waals surface area contributed by atoms with E-state index in [0.29, 0.717) is 6.47 Å². The van der Waals surface area contributed by atoms with Crippen molar-refractivity contribution < 1.29 is 12.2 Å². The van der Waals surface area contributed by atoms with Crippen LogP contribution in [0.2, 0.25) is 0 Å². The van der Waals surface area contributed by atoms with Crippen LogP contribution in [0.25, 0.3) is 0 Å². The van der Waals surface area contributed by atoms with E-state index in [2.05, 4.69) is 4.52 Å². The van der Waals surface area contributed by atoms with Crippen molar-refractivity contribution in [2.24, 2.45) is 0 Å². The van der Waals surface area contributed by atoms with Gasteiger partial charge in [0, 0.05) is 0 Å². The number of carbonyl (C=O) groups is 1. The topological polar surface area (TPSA) is 26.3 Å². The van der Waals surface area contributed by atoms with Crippen LogP contribution in [0.3, 0.4) is 0 Å². The fourth-order valence-corrected chi connectivity index (χ4v) is 0. The molecule has 2 nitrogen and oxygen atoms in total. The summed E-state index contributed by atoms with van der Waals surface area (Å²) in [6.45, 7) is 0.338. The van der Waals surface area contributed by atoms with Gasteiger partial charge in [-0.25, -0.2) is 0 Å². The third-order valence-corrected chi connectivity index (χ3v) is 0.167. The molecule has 0 bridgehead atoms. The number of rotatable bonds is 1. The second kappa shape index (κ2) is 9.08. The molecule has 0 N–H and O–H groups in total. The Kier molecular flexibility index (Phi) is 17.6. The van der Waals surface area contributed by atoms with Gasteiger partial charge >= 0.3 is 48.9 Å². The van der Waals surface area contributed by atoms with Gasteiger partial charge in [0.05, 0.1) is 9.47 Å². The molecule has 5 heavy (non-hydrogen) atoms. The molecule has 0 radical (unpaired) electrons. The molecule has 0 saturated heterocycles. The van der Waals surface area contributed by atoms with Gasteiger partial charge < -0.3 is 7.38 Å². The van der Waals surface area contributed by atoms with Crippen LogP contribution in [-0.4, -0.2) is 55.4 Å². The quantitative estimate of drug-likeness (QED) is 0.345. The van der Waals surface area contributed by atoms with Crippen LogP contribution in [0.15, 0.2) is 0 Å². The summed E-state index contributed by atoms with van der Waals surface area (Å²) in [5.74, 6) is 0. The van der Waals surface area contributed by atoms with Crippen molar-refractivity contribution in [2.75, 3.05) is 0 Å². The van der Waals surface area contributed by atoms with Gasteiger partial charge in [-0.1, -0.05) is 0 Å². The van der Waals surface area contributed by atoms with E-state index in [4.69, 9.17) is 4.79 Å². The maximum Gasteiger partial charge on any atom is 2.00 e. The third kappa shape index (κ3) is 10.8. The Morgan fingerprint density at radius 2 is 2.20 bits per heavy atom. The minimum atomic E-state index is 0. The van der Waals surface area contributed by atoms with Gasteiger partial charge in [0.1, 0.15) is 0 Å². The van der Waals surface area contributed by atoms with E-state index < -0.39 is 0 Å². The molecular formula is CH5BaO2P. The normalized spacial score (nSPS) is 4.20. The summed E-state index contributed by atoms with van der Waals surface area (Å²) in [6, 6.07) is 0. The standard InChI is InChI=1S/CH3O2P.Ba.2H/c2-1-3-4;;;/h1H,4H2;;;/q;+2;2*-1. The van der Waals surface area contributed by atoms with Crippen LogP contribution < -0.4 is 0 Å². The Morgan fingerprint density at radius 1 is 2.00 bits per heavy atom. The zero-order valence-electron chi connectivity index (χ0n) is 4.68. The second-order valence-corrected chi connectivity index (χ2v) is 0.504. The van der Waals surface area contributed by atoms with Gasteiger partial charge in [0.15, 0.2) is 0 Å². The Morgan fingerprint density at radius 3 is 2.20 bits per heavy atom. The Labute approximate surface area is 76.0 Å². The zero-order chi connectivity index (χ0) is 3.41. The Bertz CT molecular complexity index is 29.7. The van der Waals surface area contributed by atoms with E-state index in [9.17, 15) is 0 Å². The van der Waals surface area contributed by atoms with Crippen molar-refractivity contribution in [3.8, 4) is 0 Å². The van der Waals surface area contributed by atoms with E-state index >= 15 is 0 Å². The molecule has 0 aromatic rings. The van der Waals surface area contributed by atoms with Crippen LogP contribution in [0.5, 0.6) is 0 Å². The zero-order valence-corrected chi connectivity index (χ0v) is 8.27. The van der Waals surface area contributed by atoms with E-state index in [1.165, 1.54) is 0 Å². The number of hydrogen-bond donors (Lipinski definition) is 0. The monoisotopic (exact) mass is 218 g/mol. The fourth-order valence-electron chi connectivity index (χ4n) is 0. The van der Waals surface area contributed by atoms with Gasteiger partial charge in [-0.05, 0) is 0 Å². The SMILES string of the molecule is O=COP.[Ba+2].[H-].[H-]. The summed E-state index contributed by atoms with van der Waals surface area (Å²) >= 11 is 0. The van der Waals surface area contributed by atoms with Crippen LogP contribution in [0.4, 0.5) is 0 Å². The summed E-state index contributed by atoms with van der Waals surface area (Å²) in [7, 11) is 1.79. The molecule has 0 aromatic carbocycles. The molecule has 0 amide bonds. The summed E-state index contributed by atoms with van der Waals surface area (Å²) in [5.41, 5.74) is 0. The molecule has 0 rings (SSSR count). The fraction of sp³-hybridized carbons (Fsp3) is 0. The average Bonchev–Trinajstić information content (AvgIpc) is 1.37. The molecule has 1 unspecified atom stereocenters. The van der Waals surface area contributed by atoms with Crippen molar-refractivity contribution >= 4 is 64.8 Å². The Hall–Kier alpha value is 1.47. The smallest absolute Gasteiger partial charge is 1.00 e. The van der Waals surface area contributed by atoms with E-state index in [-0.39, 0.29) is 51.7 Å². The predicted molar refractivity (Wildman–Crippen MR) is 24.8 cm³/mol. The maximum absolute atomic E-state index is 8.93. The summed E-state index contributed by atoms with van der Waals surface area (Å²) in [4.78, 5) is 8.93. The minimum Gasteiger partial charge on any atom is -1.00 e. The third-order valence-electron chi connectivity index (χ3n) is 0.0556. The Balaban J connectivity index is -0.0000000150. The van der Waals surface area contributed by atoms with Crippen molar-refractivity contribution in [1.29, 1.82) is 0 Å². The number of carbonyl (C=O) groups excluding carboxylic acids is 1. The van der Waals surface area contributed by atoms with Crippen LogP contribution >= 0.6 is 9.47 Å². The summed E-state index contributed by atoms with van der Waals surface area (Å²) in [5, 5.41) is 0. The molecule has 0 aliphatic heterocycles. The van der Waals surface area contributed by atoms with Crippen LogP contribution in [-0.2, 0) is 9.32 Å². The molecule has 0 spiro atoms. The summed E-state index contributed by atoms with van der Waals surface area (Å²) < 4.78 is 3.78. The molecule has 0 aliphatic carbocycles. The van der Waals surface area contributed by atoms with Gasteiger partial charge in [0.2, 0.25) is 0 Å². The van der Waals surface area contributed by atoms with Gasteiger partial charge in [-0.2, -0.15) is 0 Å². The first-order valence-corrected chi connectivity index (χ1v) is 1.18. The van der Waals surface area contributed by atoms with Crippen LogP contribution in [0, 0.1) is 0 Å². The van der Waals surface area contributed by atoms with Gasteiger partial charge in [0.25, 0.3) is 6.47 Å². The molecule has 0 fully saturated rings. The van der Waals surface area contributed by atoms with Crippen molar-refractivity contribution in [1.82, 2.24) is 0 Å². The van der Waals surface area contributed by atoms with E-state index in [0.717, 1.165) is 0 Å². The molecule has 4 heteroatoms. The first-order valence-electron chi connectivity index (χ1n) is 0.707. The number of hydrogen-bond acceptors (Lipinski definition) is 2. The minimum absolute atomic E-state index is 0. The van der Waals surface area contributed by atoms with Crippen molar-refractivity contribution in [3.63, 3.8) is 0 Å². The van der Waals surface area contributed by atoms with E-state index in [1.807, 2.05) is 0 Å². The summed E-state index contributed by atoms with van der Waals surface area (Å²) in [6.07, 6.45) is 0. The molecule has 0 aliphatic rings. The van der Waals surface area contributed by atoms with Crippen LogP contribution in [0.1, 0.15) is 2.85 Å². The molecule has 28 valence electrons.